The van der Waals surface area contributed by atoms with Crippen molar-refractivity contribution < 1.29 is 4.52 Å². The summed E-state index contributed by atoms with van der Waals surface area (Å²) in [6, 6.07) is 0. The van der Waals surface area contributed by atoms with Gasteiger partial charge in [0.15, 0.2) is 4.83 Å². The Morgan fingerprint density at radius 1 is 1.14 bits per heavy atom. The van der Waals surface area contributed by atoms with Gasteiger partial charge >= 0.3 is 0 Å². The molecule has 0 spiro atoms. The van der Waals surface area contributed by atoms with Crippen LogP contribution in [0, 0.1) is 0 Å². The summed E-state index contributed by atoms with van der Waals surface area (Å²) in [7, 11) is 0. The van der Waals surface area contributed by atoms with Crippen LogP contribution in [0.4, 0.5) is 0 Å². The molecule has 0 fully saturated rings. The SMILES string of the molecule is c1cnc2snnc2n1.c1conn1. The maximum atomic E-state index is 4.22. The maximum Gasteiger partial charge on any atom is 0.213 e. The molecule has 0 saturated carbocycles. The van der Waals surface area contributed by atoms with E-state index in [1.165, 1.54) is 24.0 Å². The highest BCUT2D eigenvalue weighted by Gasteiger charge is 1.95. The lowest BCUT2D eigenvalue weighted by Crippen LogP contribution is -1.75. The Bertz CT molecular complexity index is 432. The van der Waals surface area contributed by atoms with E-state index in [9.17, 15) is 0 Å². The van der Waals surface area contributed by atoms with Crippen molar-refractivity contribution in [1.29, 1.82) is 0 Å². The number of hydrogen-bond donors (Lipinski definition) is 0. The minimum atomic E-state index is 0.627. The van der Waals surface area contributed by atoms with Gasteiger partial charge in [-0.2, -0.15) is 0 Å². The fourth-order valence-electron chi connectivity index (χ4n) is 0.685. The van der Waals surface area contributed by atoms with Crippen molar-refractivity contribution in [2.45, 2.75) is 0 Å². The van der Waals surface area contributed by atoms with Crippen LogP contribution in [-0.4, -0.2) is 29.9 Å². The molecule has 3 rings (SSSR count). The minimum absolute atomic E-state index is 0.627. The standard InChI is InChI=1S/C4H2N4S.C2H2N2O/c1-2-6-4-3(5-1)7-8-9-4;1-2-5-4-3-1/h1-2H;1-2H. The first-order valence-corrected chi connectivity index (χ1v) is 4.34. The Morgan fingerprint density at radius 2 is 2.07 bits per heavy atom. The quantitative estimate of drug-likeness (QED) is 0.532. The Labute approximate surface area is 82.0 Å². The van der Waals surface area contributed by atoms with Crippen molar-refractivity contribution in [3.05, 3.63) is 24.9 Å². The molecule has 0 aromatic carbocycles. The van der Waals surface area contributed by atoms with Crippen molar-refractivity contribution in [3.63, 3.8) is 0 Å². The highest BCUT2D eigenvalue weighted by atomic mass is 32.1. The van der Waals surface area contributed by atoms with Gasteiger partial charge < -0.3 is 4.52 Å². The summed E-state index contributed by atoms with van der Waals surface area (Å²) in [5.41, 5.74) is 0.627. The zero-order chi connectivity index (χ0) is 9.64. The lowest BCUT2D eigenvalue weighted by Gasteiger charge is -1.77. The summed E-state index contributed by atoms with van der Waals surface area (Å²) in [5, 5.41) is 10.1. The van der Waals surface area contributed by atoms with E-state index in [4.69, 9.17) is 0 Å². The molecule has 70 valence electrons. The predicted octanol–water partition coefficient (Wildman–Crippen LogP) is 0.551. The average molecular weight is 208 g/mol. The van der Waals surface area contributed by atoms with Gasteiger partial charge in [-0.05, 0) is 0 Å². The molecule has 7 nitrogen and oxygen atoms in total. The largest absolute Gasteiger partial charge is 0.346 e. The van der Waals surface area contributed by atoms with E-state index in [0.717, 1.165) is 4.83 Å². The van der Waals surface area contributed by atoms with Crippen molar-refractivity contribution in [3.8, 4) is 0 Å². The zero-order valence-corrected chi connectivity index (χ0v) is 7.63. The first-order chi connectivity index (χ1) is 6.97. The third-order valence-corrected chi connectivity index (χ3v) is 1.82. The summed E-state index contributed by atoms with van der Waals surface area (Å²) >= 11 is 1.25. The molecular weight excluding hydrogens is 204 g/mol. The maximum absolute atomic E-state index is 4.22. The molecule has 0 saturated heterocycles. The van der Waals surface area contributed by atoms with Crippen molar-refractivity contribution in [2.75, 3.05) is 0 Å². The number of aromatic nitrogens is 6. The van der Waals surface area contributed by atoms with E-state index in [1.54, 1.807) is 12.4 Å². The van der Waals surface area contributed by atoms with Crippen LogP contribution in [0.15, 0.2) is 29.4 Å². The van der Waals surface area contributed by atoms with E-state index >= 15 is 0 Å². The molecule has 8 heteroatoms. The number of rotatable bonds is 0. The van der Waals surface area contributed by atoms with Gasteiger partial charge in [0.2, 0.25) is 5.65 Å². The minimum Gasteiger partial charge on any atom is -0.346 e. The highest BCUT2D eigenvalue weighted by Crippen LogP contribution is 2.05. The summed E-state index contributed by atoms with van der Waals surface area (Å²) in [6.45, 7) is 0. The van der Waals surface area contributed by atoms with Crippen LogP contribution < -0.4 is 0 Å². The number of fused-ring (bicyclic) bond motifs is 1. The fraction of sp³-hybridized carbons (Fsp3) is 0. The normalized spacial score (nSPS) is 9.43. The van der Waals surface area contributed by atoms with Crippen LogP contribution in [0.3, 0.4) is 0 Å². The molecule has 0 N–H and O–H groups in total. The summed E-state index contributed by atoms with van der Waals surface area (Å²) in [4.78, 5) is 8.68. The van der Waals surface area contributed by atoms with E-state index in [2.05, 4.69) is 34.4 Å². The highest BCUT2D eigenvalue weighted by molar-refractivity contribution is 7.12. The second-order valence-electron chi connectivity index (χ2n) is 2.05. The molecular formula is C6H4N6OS. The molecule has 14 heavy (non-hydrogen) atoms. The van der Waals surface area contributed by atoms with Crippen LogP contribution in [-0.2, 0) is 0 Å². The molecule has 3 aromatic heterocycles. The van der Waals surface area contributed by atoms with Gasteiger partial charge in [0.25, 0.3) is 0 Å². The van der Waals surface area contributed by atoms with Crippen LogP contribution in [0.25, 0.3) is 10.5 Å². The molecule has 0 aliphatic rings. The summed E-state index contributed by atoms with van der Waals surface area (Å²) in [6.07, 6.45) is 6.10. The zero-order valence-electron chi connectivity index (χ0n) is 6.81. The average Bonchev–Trinajstić information content (AvgIpc) is 2.92. The van der Waals surface area contributed by atoms with E-state index in [1.807, 2.05) is 0 Å². The molecule has 0 unspecified atom stereocenters. The first kappa shape index (κ1) is 8.63. The number of nitrogens with zero attached hydrogens (tertiary/aromatic N) is 6. The van der Waals surface area contributed by atoms with E-state index in [0.29, 0.717) is 5.65 Å². The third-order valence-electron chi connectivity index (χ3n) is 1.19. The van der Waals surface area contributed by atoms with Crippen LogP contribution in [0.2, 0.25) is 0 Å². The van der Waals surface area contributed by atoms with E-state index < -0.39 is 0 Å². The molecule has 0 amide bonds. The molecule has 0 radical (unpaired) electrons. The molecule has 3 heterocycles. The van der Waals surface area contributed by atoms with Crippen LogP contribution in [0.5, 0.6) is 0 Å². The Morgan fingerprint density at radius 3 is 2.71 bits per heavy atom. The summed E-state index contributed by atoms with van der Waals surface area (Å²) in [5.74, 6) is 0. The van der Waals surface area contributed by atoms with E-state index in [-0.39, 0.29) is 0 Å². The Balaban J connectivity index is 0.000000128. The molecule has 0 aliphatic heterocycles. The van der Waals surface area contributed by atoms with Crippen LogP contribution >= 0.6 is 11.5 Å². The predicted molar refractivity (Wildman–Crippen MR) is 47.3 cm³/mol. The fourth-order valence-corrected chi connectivity index (χ4v) is 1.16. The second-order valence-corrected chi connectivity index (χ2v) is 2.78. The van der Waals surface area contributed by atoms with Gasteiger partial charge in [-0.3, -0.25) is 0 Å². The summed E-state index contributed by atoms with van der Waals surface area (Å²) < 4.78 is 7.89. The van der Waals surface area contributed by atoms with Gasteiger partial charge in [-0.15, -0.1) is 10.2 Å². The van der Waals surface area contributed by atoms with Crippen molar-refractivity contribution in [1.82, 2.24) is 29.9 Å². The topological polar surface area (TPSA) is 90.5 Å². The molecule has 0 bridgehead atoms. The lowest BCUT2D eigenvalue weighted by atomic mass is 10.7. The number of hydrogen-bond acceptors (Lipinski definition) is 8. The first-order valence-electron chi connectivity index (χ1n) is 3.57. The Kier molecular flexibility index (Phi) is 2.67. The van der Waals surface area contributed by atoms with Gasteiger partial charge in [-0.1, -0.05) is 4.49 Å². The lowest BCUT2D eigenvalue weighted by molar-refractivity contribution is 0.393. The Hall–Kier alpha value is -1.96. The smallest absolute Gasteiger partial charge is 0.213 e. The molecule has 0 aliphatic carbocycles. The third kappa shape index (κ3) is 2.04. The second kappa shape index (κ2) is 4.33. The monoisotopic (exact) mass is 208 g/mol. The van der Waals surface area contributed by atoms with Gasteiger partial charge in [0.1, 0.15) is 6.26 Å². The van der Waals surface area contributed by atoms with Crippen molar-refractivity contribution in [2.24, 2.45) is 0 Å². The van der Waals surface area contributed by atoms with Gasteiger partial charge in [-0.25, -0.2) is 9.97 Å². The van der Waals surface area contributed by atoms with Gasteiger partial charge in [0.05, 0.1) is 6.20 Å². The van der Waals surface area contributed by atoms with Crippen molar-refractivity contribution >= 4 is 22.0 Å². The molecule has 0 atom stereocenters. The van der Waals surface area contributed by atoms with Gasteiger partial charge in [0, 0.05) is 29.2 Å². The van der Waals surface area contributed by atoms with Crippen LogP contribution in [0.1, 0.15) is 0 Å². The molecule has 3 aromatic rings.